The Balaban J connectivity index is 2.55. The van der Waals surface area contributed by atoms with Crippen molar-refractivity contribution in [3.63, 3.8) is 0 Å². The molecule has 2 rings (SSSR count). The number of aryl methyl sites for hydroxylation is 1. The van der Waals surface area contributed by atoms with E-state index in [1.54, 1.807) is 12.4 Å². The fourth-order valence-electron chi connectivity index (χ4n) is 1.58. The van der Waals surface area contributed by atoms with Gasteiger partial charge < -0.3 is 0 Å². The molecule has 0 aliphatic heterocycles. The second-order valence-electron chi connectivity index (χ2n) is 3.34. The van der Waals surface area contributed by atoms with Gasteiger partial charge in [0, 0.05) is 24.4 Å². The maximum Gasteiger partial charge on any atom is 0.142 e. The second-order valence-corrected chi connectivity index (χ2v) is 3.60. The largest absolute Gasteiger partial charge is 0.288 e. The SMILES string of the molecule is CCc1nccn1-c1ncc(F)cc1CCl. The van der Waals surface area contributed by atoms with Crippen molar-refractivity contribution in [1.82, 2.24) is 14.5 Å². The highest BCUT2D eigenvalue weighted by atomic mass is 35.5. The molecule has 2 aromatic rings. The summed E-state index contributed by atoms with van der Waals surface area (Å²) in [6, 6.07) is 1.40. The van der Waals surface area contributed by atoms with Gasteiger partial charge in [-0.3, -0.25) is 4.57 Å². The molecule has 84 valence electrons. The number of alkyl halides is 1. The highest BCUT2D eigenvalue weighted by Crippen LogP contribution is 2.17. The van der Waals surface area contributed by atoms with E-state index in [0.717, 1.165) is 12.2 Å². The molecule has 0 atom stereocenters. The number of rotatable bonds is 3. The summed E-state index contributed by atoms with van der Waals surface area (Å²) in [5.74, 6) is 1.37. The maximum atomic E-state index is 13.0. The average molecular weight is 240 g/mol. The van der Waals surface area contributed by atoms with Gasteiger partial charge in [-0.15, -0.1) is 11.6 Å². The van der Waals surface area contributed by atoms with E-state index in [-0.39, 0.29) is 11.7 Å². The summed E-state index contributed by atoms with van der Waals surface area (Å²) in [6.07, 6.45) is 5.47. The first kappa shape index (κ1) is 11.1. The van der Waals surface area contributed by atoms with E-state index in [4.69, 9.17) is 11.6 Å². The van der Waals surface area contributed by atoms with Crippen molar-refractivity contribution in [2.75, 3.05) is 0 Å². The van der Waals surface area contributed by atoms with E-state index >= 15 is 0 Å². The van der Waals surface area contributed by atoms with Crippen LogP contribution in [0.2, 0.25) is 0 Å². The van der Waals surface area contributed by atoms with Crippen LogP contribution in [-0.2, 0) is 12.3 Å². The summed E-state index contributed by atoms with van der Waals surface area (Å²) < 4.78 is 14.8. The summed E-state index contributed by atoms with van der Waals surface area (Å²) in [5.41, 5.74) is 0.661. The van der Waals surface area contributed by atoms with Crippen LogP contribution in [0, 0.1) is 5.82 Å². The summed E-state index contributed by atoms with van der Waals surface area (Å²) in [6.45, 7) is 2.00. The number of aromatic nitrogens is 3. The molecule has 0 saturated carbocycles. The zero-order chi connectivity index (χ0) is 11.5. The van der Waals surface area contributed by atoms with Gasteiger partial charge in [-0.1, -0.05) is 6.92 Å². The van der Waals surface area contributed by atoms with Crippen LogP contribution in [0.1, 0.15) is 18.3 Å². The summed E-state index contributed by atoms with van der Waals surface area (Å²) in [5, 5.41) is 0. The molecule has 16 heavy (non-hydrogen) atoms. The smallest absolute Gasteiger partial charge is 0.142 e. The summed E-state index contributed by atoms with van der Waals surface area (Å²) >= 11 is 5.78. The Morgan fingerprint density at radius 1 is 1.44 bits per heavy atom. The van der Waals surface area contributed by atoms with Crippen molar-refractivity contribution in [3.8, 4) is 5.82 Å². The lowest BCUT2D eigenvalue weighted by Gasteiger charge is -2.09. The van der Waals surface area contributed by atoms with Crippen LogP contribution in [0.5, 0.6) is 0 Å². The molecule has 0 amide bonds. The van der Waals surface area contributed by atoms with Crippen molar-refractivity contribution in [2.45, 2.75) is 19.2 Å². The van der Waals surface area contributed by atoms with Crippen LogP contribution in [-0.4, -0.2) is 14.5 Å². The Hall–Kier alpha value is -1.42. The Morgan fingerprint density at radius 2 is 2.25 bits per heavy atom. The predicted octanol–water partition coefficient (Wildman–Crippen LogP) is 2.71. The van der Waals surface area contributed by atoms with Gasteiger partial charge in [0.25, 0.3) is 0 Å². The quantitative estimate of drug-likeness (QED) is 0.771. The molecule has 0 radical (unpaired) electrons. The van der Waals surface area contributed by atoms with Crippen molar-refractivity contribution in [2.24, 2.45) is 0 Å². The van der Waals surface area contributed by atoms with E-state index in [9.17, 15) is 4.39 Å². The fraction of sp³-hybridized carbons (Fsp3) is 0.273. The first-order valence-corrected chi connectivity index (χ1v) is 5.52. The van der Waals surface area contributed by atoms with Gasteiger partial charge in [-0.05, 0) is 6.07 Å². The van der Waals surface area contributed by atoms with E-state index in [1.165, 1.54) is 12.3 Å². The van der Waals surface area contributed by atoms with Crippen LogP contribution in [0.4, 0.5) is 4.39 Å². The maximum absolute atomic E-state index is 13.0. The number of hydrogen-bond acceptors (Lipinski definition) is 2. The van der Waals surface area contributed by atoms with Gasteiger partial charge in [0.1, 0.15) is 17.5 Å². The van der Waals surface area contributed by atoms with Gasteiger partial charge in [-0.25, -0.2) is 14.4 Å². The van der Waals surface area contributed by atoms with Crippen molar-refractivity contribution in [1.29, 1.82) is 0 Å². The highest BCUT2D eigenvalue weighted by Gasteiger charge is 2.10. The molecule has 2 heterocycles. The minimum absolute atomic E-state index is 0.224. The lowest BCUT2D eigenvalue weighted by molar-refractivity contribution is 0.617. The third-order valence-electron chi connectivity index (χ3n) is 2.32. The molecule has 0 aliphatic carbocycles. The normalized spacial score (nSPS) is 10.7. The van der Waals surface area contributed by atoms with Gasteiger partial charge in [-0.2, -0.15) is 0 Å². The average Bonchev–Trinajstić information content (AvgIpc) is 2.76. The first-order chi connectivity index (χ1) is 7.76. The molecule has 0 bridgehead atoms. The zero-order valence-electron chi connectivity index (χ0n) is 8.82. The molecular weight excluding hydrogens is 229 g/mol. The molecule has 0 aliphatic rings. The molecule has 2 aromatic heterocycles. The lowest BCUT2D eigenvalue weighted by atomic mass is 10.2. The molecule has 0 N–H and O–H groups in total. The minimum atomic E-state index is -0.377. The molecule has 5 heteroatoms. The van der Waals surface area contributed by atoms with Crippen LogP contribution in [0.15, 0.2) is 24.7 Å². The van der Waals surface area contributed by atoms with E-state index < -0.39 is 0 Å². The van der Waals surface area contributed by atoms with Gasteiger partial charge in [0.05, 0.1) is 12.1 Å². The number of halogens is 2. The van der Waals surface area contributed by atoms with Crippen LogP contribution in [0.25, 0.3) is 5.82 Å². The standard InChI is InChI=1S/C11H11ClFN3/c1-2-10-14-3-4-16(10)11-8(6-12)5-9(13)7-15-11/h3-5,7H,2,6H2,1H3. The number of imidazole rings is 1. The molecule has 0 saturated heterocycles. The third-order valence-corrected chi connectivity index (χ3v) is 2.60. The topological polar surface area (TPSA) is 30.7 Å². The number of pyridine rings is 1. The lowest BCUT2D eigenvalue weighted by Crippen LogP contribution is -2.05. The molecule has 0 unspecified atom stereocenters. The Labute approximate surface area is 97.9 Å². The number of nitrogens with zero attached hydrogens (tertiary/aromatic N) is 3. The first-order valence-electron chi connectivity index (χ1n) is 4.99. The highest BCUT2D eigenvalue weighted by molar-refractivity contribution is 6.17. The van der Waals surface area contributed by atoms with Crippen molar-refractivity contribution in [3.05, 3.63) is 41.9 Å². The number of hydrogen-bond donors (Lipinski definition) is 0. The van der Waals surface area contributed by atoms with Crippen LogP contribution >= 0.6 is 11.6 Å². The third kappa shape index (κ3) is 1.93. The van der Waals surface area contributed by atoms with E-state index in [0.29, 0.717) is 11.4 Å². The minimum Gasteiger partial charge on any atom is -0.288 e. The Bertz CT molecular complexity index is 496. The monoisotopic (exact) mass is 239 g/mol. The molecule has 0 aromatic carbocycles. The predicted molar refractivity (Wildman–Crippen MR) is 60.3 cm³/mol. The second kappa shape index (κ2) is 4.61. The Kier molecular flexibility index (Phi) is 3.19. The zero-order valence-corrected chi connectivity index (χ0v) is 9.58. The van der Waals surface area contributed by atoms with Crippen LogP contribution in [0.3, 0.4) is 0 Å². The summed E-state index contributed by atoms with van der Waals surface area (Å²) in [7, 11) is 0. The van der Waals surface area contributed by atoms with Gasteiger partial charge in [0.15, 0.2) is 0 Å². The molecule has 3 nitrogen and oxygen atoms in total. The van der Waals surface area contributed by atoms with E-state index in [2.05, 4.69) is 9.97 Å². The van der Waals surface area contributed by atoms with Crippen molar-refractivity contribution < 1.29 is 4.39 Å². The summed E-state index contributed by atoms with van der Waals surface area (Å²) in [4.78, 5) is 8.26. The molecule has 0 fully saturated rings. The molecular formula is C11H11ClFN3. The van der Waals surface area contributed by atoms with Crippen LogP contribution < -0.4 is 0 Å². The molecule has 0 spiro atoms. The van der Waals surface area contributed by atoms with Crippen molar-refractivity contribution >= 4 is 11.6 Å². The van der Waals surface area contributed by atoms with Gasteiger partial charge in [0.2, 0.25) is 0 Å². The Morgan fingerprint density at radius 3 is 2.94 bits per heavy atom. The van der Waals surface area contributed by atoms with Gasteiger partial charge >= 0.3 is 0 Å². The fourth-order valence-corrected chi connectivity index (χ4v) is 1.77. The van der Waals surface area contributed by atoms with E-state index in [1.807, 2.05) is 11.5 Å².